The Labute approximate surface area is 172 Å². The fourth-order valence-electron chi connectivity index (χ4n) is 3.09. The molecule has 1 unspecified atom stereocenters. The maximum Gasteiger partial charge on any atom is 0.191 e. The van der Waals surface area contributed by atoms with E-state index < -0.39 is 15.7 Å². The average Bonchev–Trinajstić information content (AvgIpc) is 3.05. The SMILES string of the molecule is CCN1CCCC1CNC(=NC)NCCS(=O)(=O)c1ccccc1F.I. The highest BCUT2D eigenvalue weighted by Gasteiger charge is 2.23. The zero-order valence-corrected chi connectivity index (χ0v) is 18.4. The third-order valence-corrected chi connectivity index (χ3v) is 6.21. The van der Waals surface area contributed by atoms with Crippen LogP contribution in [0.1, 0.15) is 19.8 Å². The van der Waals surface area contributed by atoms with E-state index in [4.69, 9.17) is 0 Å². The molecule has 1 aliphatic heterocycles. The Morgan fingerprint density at radius 2 is 2.08 bits per heavy atom. The van der Waals surface area contributed by atoms with Crippen LogP contribution >= 0.6 is 24.0 Å². The number of nitrogens with one attached hydrogen (secondary N) is 2. The van der Waals surface area contributed by atoms with Crippen molar-refractivity contribution in [3.63, 3.8) is 0 Å². The van der Waals surface area contributed by atoms with Gasteiger partial charge in [0.25, 0.3) is 0 Å². The van der Waals surface area contributed by atoms with E-state index in [1.807, 2.05) is 0 Å². The summed E-state index contributed by atoms with van der Waals surface area (Å²) in [5, 5.41) is 6.23. The van der Waals surface area contributed by atoms with Gasteiger partial charge in [0.05, 0.1) is 5.75 Å². The molecule has 0 amide bonds. The number of sulfone groups is 1. The quantitative estimate of drug-likeness (QED) is 0.341. The number of nitrogens with zero attached hydrogens (tertiary/aromatic N) is 2. The van der Waals surface area contributed by atoms with Gasteiger partial charge in [-0.3, -0.25) is 9.89 Å². The van der Waals surface area contributed by atoms with Crippen molar-refractivity contribution in [1.82, 2.24) is 15.5 Å². The number of likely N-dealkylation sites (N-methyl/N-ethyl adjacent to an activating group) is 1. The summed E-state index contributed by atoms with van der Waals surface area (Å²) in [6, 6.07) is 5.91. The molecule has 2 N–H and O–H groups in total. The Balaban J connectivity index is 0.00000338. The summed E-state index contributed by atoms with van der Waals surface area (Å²) in [6.45, 7) is 5.24. The van der Waals surface area contributed by atoms with Crippen LogP contribution in [-0.2, 0) is 9.84 Å². The molecule has 0 radical (unpaired) electrons. The maximum atomic E-state index is 13.7. The van der Waals surface area contributed by atoms with Gasteiger partial charge in [-0.25, -0.2) is 12.8 Å². The Kier molecular flexibility index (Phi) is 9.80. The Morgan fingerprint density at radius 3 is 2.73 bits per heavy atom. The lowest BCUT2D eigenvalue weighted by atomic mass is 10.2. The van der Waals surface area contributed by atoms with Crippen LogP contribution in [0.5, 0.6) is 0 Å². The Hall–Kier alpha value is -0.940. The van der Waals surface area contributed by atoms with Gasteiger partial charge in [0.2, 0.25) is 0 Å². The van der Waals surface area contributed by atoms with Gasteiger partial charge in [-0.2, -0.15) is 0 Å². The molecular formula is C17H28FIN4O2S. The summed E-state index contributed by atoms with van der Waals surface area (Å²) < 4.78 is 38.1. The molecule has 2 rings (SSSR count). The monoisotopic (exact) mass is 498 g/mol. The van der Waals surface area contributed by atoms with Crippen LogP contribution in [0.15, 0.2) is 34.2 Å². The van der Waals surface area contributed by atoms with Gasteiger partial charge in [0.1, 0.15) is 10.7 Å². The van der Waals surface area contributed by atoms with E-state index in [9.17, 15) is 12.8 Å². The normalized spacial score (nSPS) is 18.4. The number of hydrogen-bond acceptors (Lipinski definition) is 4. The predicted molar refractivity (Wildman–Crippen MR) is 114 cm³/mol. The second kappa shape index (κ2) is 11.0. The van der Waals surface area contributed by atoms with E-state index in [1.165, 1.54) is 24.6 Å². The lowest BCUT2D eigenvalue weighted by molar-refractivity contribution is 0.267. The summed E-state index contributed by atoms with van der Waals surface area (Å²) in [5.41, 5.74) is 0. The van der Waals surface area contributed by atoms with Crippen molar-refractivity contribution in [3.05, 3.63) is 30.1 Å². The minimum atomic E-state index is -3.67. The lowest BCUT2D eigenvalue weighted by Gasteiger charge is -2.23. The number of likely N-dealkylation sites (tertiary alicyclic amines) is 1. The van der Waals surface area contributed by atoms with E-state index in [1.54, 1.807) is 7.05 Å². The van der Waals surface area contributed by atoms with Gasteiger partial charge in [-0.1, -0.05) is 19.1 Å². The molecule has 1 aromatic carbocycles. The van der Waals surface area contributed by atoms with Gasteiger partial charge in [-0.05, 0) is 38.1 Å². The van der Waals surface area contributed by atoms with Crippen LogP contribution in [0.2, 0.25) is 0 Å². The Morgan fingerprint density at radius 1 is 1.35 bits per heavy atom. The van der Waals surface area contributed by atoms with Crippen molar-refractivity contribution < 1.29 is 12.8 Å². The second-order valence-electron chi connectivity index (χ2n) is 6.05. The molecule has 0 spiro atoms. The standard InChI is InChI=1S/C17H27FN4O2S.HI/c1-3-22-11-6-7-14(22)13-21-17(19-2)20-10-12-25(23,24)16-9-5-4-8-15(16)18;/h4-5,8-9,14H,3,6-7,10-13H2,1-2H3,(H2,19,20,21);1H. The van der Waals surface area contributed by atoms with Crippen LogP contribution in [0, 0.1) is 5.82 Å². The van der Waals surface area contributed by atoms with Crippen LogP contribution in [-0.4, -0.2) is 64.3 Å². The number of aliphatic imine (C=N–C) groups is 1. The number of rotatable bonds is 7. The van der Waals surface area contributed by atoms with Gasteiger partial charge in [0.15, 0.2) is 15.8 Å². The zero-order chi connectivity index (χ0) is 18.3. The van der Waals surface area contributed by atoms with E-state index in [-0.39, 0.29) is 41.2 Å². The predicted octanol–water partition coefficient (Wildman–Crippen LogP) is 1.87. The molecule has 6 nitrogen and oxygen atoms in total. The van der Waals surface area contributed by atoms with Gasteiger partial charge >= 0.3 is 0 Å². The summed E-state index contributed by atoms with van der Waals surface area (Å²) in [7, 11) is -2.02. The number of halogens is 2. The van der Waals surface area contributed by atoms with Crippen molar-refractivity contribution in [2.45, 2.75) is 30.7 Å². The van der Waals surface area contributed by atoms with E-state index in [0.29, 0.717) is 12.0 Å². The molecule has 1 heterocycles. The van der Waals surface area contributed by atoms with Crippen molar-refractivity contribution in [3.8, 4) is 0 Å². The molecule has 26 heavy (non-hydrogen) atoms. The minimum Gasteiger partial charge on any atom is -0.355 e. The first kappa shape index (κ1) is 23.1. The van der Waals surface area contributed by atoms with E-state index in [0.717, 1.165) is 32.1 Å². The number of guanidine groups is 1. The topological polar surface area (TPSA) is 73.8 Å². The molecule has 1 fully saturated rings. The highest BCUT2D eigenvalue weighted by Crippen LogP contribution is 2.16. The summed E-state index contributed by atoms with van der Waals surface area (Å²) >= 11 is 0. The summed E-state index contributed by atoms with van der Waals surface area (Å²) in [5.74, 6) is -0.350. The van der Waals surface area contributed by atoms with Crippen LogP contribution < -0.4 is 10.6 Å². The molecule has 9 heteroatoms. The largest absolute Gasteiger partial charge is 0.355 e. The van der Waals surface area contributed by atoms with Crippen molar-refractivity contribution in [2.75, 3.05) is 39.0 Å². The Bertz CT molecular complexity index is 700. The zero-order valence-electron chi connectivity index (χ0n) is 15.2. The van der Waals surface area contributed by atoms with Crippen LogP contribution in [0.3, 0.4) is 0 Å². The third-order valence-electron chi connectivity index (χ3n) is 4.47. The molecule has 0 bridgehead atoms. The molecule has 0 aliphatic carbocycles. The van der Waals surface area contributed by atoms with E-state index >= 15 is 0 Å². The van der Waals surface area contributed by atoms with Crippen LogP contribution in [0.4, 0.5) is 4.39 Å². The first-order chi connectivity index (χ1) is 12.0. The van der Waals surface area contributed by atoms with Crippen molar-refractivity contribution in [2.24, 2.45) is 4.99 Å². The van der Waals surface area contributed by atoms with E-state index in [2.05, 4.69) is 27.4 Å². The molecule has 0 saturated carbocycles. The first-order valence-electron chi connectivity index (χ1n) is 8.63. The van der Waals surface area contributed by atoms with Crippen LogP contribution in [0.25, 0.3) is 0 Å². The van der Waals surface area contributed by atoms with Gasteiger partial charge in [0, 0.05) is 26.2 Å². The molecule has 1 aromatic rings. The summed E-state index contributed by atoms with van der Waals surface area (Å²) in [6.07, 6.45) is 2.35. The summed E-state index contributed by atoms with van der Waals surface area (Å²) in [4.78, 5) is 6.28. The number of hydrogen-bond donors (Lipinski definition) is 2. The van der Waals surface area contributed by atoms with Gasteiger partial charge in [-0.15, -0.1) is 24.0 Å². The fraction of sp³-hybridized carbons (Fsp3) is 0.588. The van der Waals surface area contributed by atoms with Gasteiger partial charge < -0.3 is 10.6 Å². The minimum absolute atomic E-state index is 0. The second-order valence-corrected chi connectivity index (χ2v) is 8.13. The number of benzene rings is 1. The molecule has 1 aliphatic rings. The smallest absolute Gasteiger partial charge is 0.191 e. The molecule has 0 aromatic heterocycles. The molecule has 1 atom stereocenters. The fourth-order valence-corrected chi connectivity index (χ4v) is 4.33. The third kappa shape index (κ3) is 6.34. The lowest BCUT2D eigenvalue weighted by Crippen LogP contribution is -2.45. The molecular weight excluding hydrogens is 470 g/mol. The first-order valence-corrected chi connectivity index (χ1v) is 10.3. The molecule has 1 saturated heterocycles. The molecule has 148 valence electrons. The van der Waals surface area contributed by atoms with Crippen molar-refractivity contribution in [1.29, 1.82) is 0 Å². The van der Waals surface area contributed by atoms with Crippen molar-refractivity contribution >= 4 is 39.8 Å². The maximum absolute atomic E-state index is 13.7. The highest BCUT2D eigenvalue weighted by molar-refractivity contribution is 14.0. The average molecular weight is 498 g/mol. The highest BCUT2D eigenvalue weighted by atomic mass is 127.